The van der Waals surface area contributed by atoms with Gasteiger partial charge in [-0.25, -0.2) is 0 Å². The lowest BCUT2D eigenvalue weighted by molar-refractivity contribution is -0.274. The van der Waals surface area contributed by atoms with Crippen molar-refractivity contribution in [1.29, 1.82) is 0 Å². The monoisotopic (exact) mass is 428 g/mol. The SMILES string of the molecule is Cl.Cl.FC(F)(F)CC[C@@H](c1cccc(OC(F)(F)F)c1)N1CCNCC1. The zero-order chi connectivity index (χ0) is 17.8. The zero-order valence-electron chi connectivity index (χ0n) is 13.6. The Bertz CT molecular complexity index is 536. The first-order valence-corrected chi connectivity index (χ1v) is 7.51. The van der Waals surface area contributed by atoms with Gasteiger partial charge in [-0.05, 0) is 24.1 Å². The summed E-state index contributed by atoms with van der Waals surface area (Å²) >= 11 is 0. The fourth-order valence-electron chi connectivity index (χ4n) is 2.77. The first-order valence-electron chi connectivity index (χ1n) is 7.51. The Morgan fingerprint density at radius 2 is 1.65 bits per heavy atom. The number of rotatable bonds is 5. The van der Waals surface area contributed by atoms with Crippen LogP contribution >= 0.6 is 24.8 Å². The molecule has 1 aromatic carbocycles. The van der Waals surface area contributed by atoms with Crippen LogP contribution in [0.15, 0.2) is 24.3 Å². The van der Waals surface area contributed by atoms with Crippen LogP contribution in [0, 0.1) is 0 Å². The number of piperazine rings is 1. The molecule has 1 N–H and O–H groups in total. The summed E-state index contributed by atoms with van der Waals surface area (Å²) in [5.74, 6) is -0.424. The van der Waals surface area contributed by atoms with Crippen LogP contribution in [-0.4, -0.2) is 43.6 Å². The Kier molecular flexibility index (Phi) is 10.1. The average Bonchev–Trinajstić information content (AvgIpc) is 2.46. The average molecular weight is 429 g/mol. The summed E-state index contributed by atoms with van der Waals surface area (Å²) < 4.78 is 78.7. The molecule has 0 radical (unpaired) electrons. The second-order valence-electron chi connectivity index (χ2n) is 5.58. The summed E-state index contributed by atoms with van der Waals surface area (Å²) in [6.45, 7) is 2.32. The van der Waals surface area contributed by atoms with Crippen molar-refractivity contribution in [2.75, 3.05) is 26.2 Å². The molecular formula is C15H20Cl2F6N2O. The normalized spacial score (nSPS) is 17.0. The molecule has 0 bridgehead atoms. The number of hydrogen-bond acceptors (Lipinski definition) is 3. The number of alkyl halides is 6. The van der Waals surface area contributed by atoms with Crippen LogP contribution in [0.4, 0.5) is 26.3 Å². The van der Waals surface area contributed by atoms with Crippen molar-refractivity contribution >= 4 is 24.8 Å². The van der Waals surface area contributed by atoms with Gasteiger partial charge in [0.1, 0.15) is 5.75 Å². The maximum absolute atomic E-state index is 12.6. The summed E-state index contributed by atoms with van der Waals surface area (Å²) in [5, 5.41) is 3.10. The van der Waals surface area contributed by atoms with Gasteiger partial charge < -0.3 is 10.1 Å². The highest BCUT2D eigenvalue weighted by Crippen LogP contribution is 2.34. The molecule has 0 unspecified atom stereocenters. The second kappa shape index (κ2) is 10.4. The molecule has 1 aliphatic heterocycles. The van der Waals surface area contributed by atoms with E-state index < -0.39 is 30.8 Å². The Morgan fingerprint density at radius 3 is 2.19 bits per heavy atom. The molecule has 26 heavy (non-hydrogen) atoms. The Morgan fingerprint density at radius 1 is 1.04 bits per heavy atom. The van der Waals surface area contributed by atoms with Gasteiger partial charge in [-0.1, -0.05) is 12.1 Å². The third kappa shape index (κ3) is 8.66. The third-order valence-electron chi connectivity index (χ3n) is 3.77. The van der Waals surface area contributed by atoms with Gasteiger partial charge in [0.15, 0.2) is 0 Å². The molecule has 152 valence electrons. The van der Waals surface area contributed by atoms with Crippen molar-refractivity contribution in [2.24, 2.45) is 0 Å². The second-order valence-corrected chi connectivity index (χ2v) is 5.58. The van der Waals surface area contributed by atoms with Gasteiger partial charge in [-0.3, -0.25) is 4.90 Å². The molecule has 1 atom stereocenters. The number of nitrogens with one attached hydrogen (secondary N) is 1. The lowest BCUT2D eigenvalue weighted by Crippen LogP contribution is -2.45. The van der Waals surface area contributed by atoms with Crippen LogP contribution < -0.4 is 10.1 Å². The van der Waals surface area contributed by atoms with E-state index in [0.717, 1.165) is 12.1 Å². The van der Waals surface area contributed by atoms with E-state index in [0.29, 0.717) is 31.7 Å². The molecule has 3 nitrogen and oxygen atoms in total. The molecule has 1 heterocycles. The standard InChI is InChI=1S/C15H18F6N2O.2ClH/c16-14(17,18)5-4-13(23-8-6-22-7-9-23)11-2-1-3-12(10-11)24-15(19,20)21;;/h1-3,10,13,22H,4-9H2;2*1H/t13-;;/m0../s1. The molecule has 11 heteroatoms. The van der Waals surface area contributed by atoms with Gasteiger partial charge in [0.05, 0.1) is 0 Å². The summed E-state index contributed by atoms with van der Waals surface area (Å²) in [6, 6.07) is 4.59. The minimum atomic E-state index is -4.84. The number of halogens is 8. The summed E-state index contributed by atoms with van der Waals surface area (Å²) in [6.07, 6.45) is -10.4. The molecular weight excluding hydrogens is 409 g/mol. The van der Waals surface area contributed by atoms with Crippen molar-refractivity contribution in [2.45, 2.75) is 31.4 Å². The quantitative estimate of drug-likeness (QED) is 0.686. The third-order valence-corrected chi connectivity index (χ3v) is 3.77. The highest BCUT2D eigenvalue weighted by atomic mass is 35.5. The maximum Gasteiger partial charge on any atom is 0.573 e. The Hall–Kier alpha value is -0.900. The molecule has 1 fully saturated rings. The van der Waals surface area contributed by atoms with E-state index in [2.05, 4.69) is 10.1 Å². The first-order chi connectivity index (χ1) is 11.1. The number of benzene rings is 1. The topological polar surface area (TPSA) is 24.5 Å². The minimum Gasteiger partial charge on any atom is -0.406 e. The van der Waals surface area contributed by atoms with Crippen molar-refractivity contribution < 1.29 is 31.1 Å². The van der Waals surface area contributed by atoms with Crippen LogP contribution in [0.2, 0.25) is 0 Å². The fourth-order valence-corrected chi connectivity index (χ4v) is 2.77. The van der Waals surface area contributed by atoms with E-state index in [1.807, 2.05) is 4.90 Å². The van der Waals surface area contributed by atoms with Gasteiger partial charge in [-0.15, -0.1) is 38.0 Å². The van der Waals surface area contributed by atoms with Crippen LogP contribution in [0.25, 0.3) is 0 Å². The van der Waals surface area contributed by atoms with Crippen LogP contribution in [0.1, 0.15) is 24.4 Å². The molecule has 2 rings (SSSR count). The highest BCUT2D eigenvalue weighted by molar-refractivity contribution is 5.85. The molecule has 0 aliphatic carbocycles. The van der Waals surface area contributed by atoms with Crippen molar-refractivity contribution in [1.82, 2.24) is 10.2 Å². The van der Waals surface area contributed by atoms with E-state index in [-0.39, 0.29) is 31.2 Å². The molecule has 1 saturated heterocycles. The summed E-state index contributed by atoms with van der Waals surface area (Å²) in [4.78, 5) is 1.86. The van der Waals surface area contributed by atoms with Crippen molar-refractivity contribution in [3.8, 4) is 5.75 Å². The largest absolute Gasteiger partial charge is 0.573 e. The van der Waals surface area contributed by atoms with Crippen LogP contribution in [-0.2, 0) is 0 Å². The lowest BCUT2D eigenvalue weighted by atomic mass is 9.99. The minimum absolute atomic E-state index is 0. The van der Waals surface area contributed by atoms with Gasteiger partial charge in [0.2, 0.25) is 0 Å². The van der Waals surface area contributed by atoms with Gasteiger partial charge >= 0.3 is 12.5 Å². The molecule has 1 aliphatic rings. The van der Waals surface area contributed by atoms with E-state index >= 15 is 0 Å². The highest BCUT2D eigenvalue weighted by Gasteiger charge is 2.33. The predicted octanol–water partition coefficient (Wildman–Crippen LogP) is 4.72. The van der Waals surface area contributed by atoms with Gasteiger partial charge in [-0.2, -0.15) is 13.2 Å². The van der Waals surface area contributed by atoms with E-state index in [4.69, 9.17) is 0 Å². The number of nitrogens with zero attached hydrogens (tertiary/aromatic N) is 1. The fraction of sp³-hybridized carbons (Fsp3) is 0.600. The molecule has 0 saturated carbocycles. The van der Waals surface area contributed by atoms with Crippen molar-refractivity contribution in [3.63, 3.8) is 0 Å². The van der Waals surface area contributed by atoms with Crippen LogP contribution in [0.5, 0.6) is 5.75 Å². The summed E-state index contributed by atoms with van der Waals surface area (Å²) in [5.41, 5.74) is 0.392. The Balaban J connectivity index is 0.00000312. The van der Waals surface area contributed by atoms with Crippen LogP contribution in [0.3, 0.4) is 0 Å². The number of hydrogen-bond donors (Lipinski definition) is 1. The van der Waals surface area contributed by atoms with Gasteiger partial charge in [0.25, 0.3) is 0 Å². The van der Waals surface area contributed by atoms with E-state index in [9.17, 15) is 26.3 Å². The molecule has 0 amide bonds. The van der Waals surface area contributed by atoms with Crippen molar-refractivity contribution in [3.05, 3.63) is 29.8 Å². The predicted molar refractivity (Wildman–Crippen MR) is 90.1 cm³/mol. The lowest BCUT2D eigenvalue weighted by Gasteiger charge is -2.35. The zero-order valence-corrected chi connectivity index (χ0v) is 15.2. The van der Waals surface area contributed by atoms with Gasteiger partial charge in [0, 0.05) is 38.6 Å². The first kappa shape index (κ1) is 25.1. The maximum atomic E-state index is 12.6. The summed E-state index contributed by atoms with van der Waals surface area (Å²) in [7, 11) is 0. The molecule has 0 spiro atoms. The van der Waals surface area contributed by atoms with E-state index in [1.54, 1.807) is 0 Å². The van der Waals surface area contributed by atoms with E-state index in [1.165, 1.54) is 12.1 Å². The number of ether oxygens (including phenoxy) is 1. The Labute approximate surface area is 159 Å². The molecule has 0 aromatic heterocycles. The smallest absolute Gasteiger partial charge is 0.406 e. The molecule has 1 aromatic rings.